The maximum Gasteiger partial charge on any atom is 0.306 e. The molecule has 0 radical (unpaired) electrons. The molecule has 0 heterocycles. The van der Waals surface area contributed by atoms with E-state index in [1.165, 1.54) is 5.56 Å². The summed E-state index contributed by atoms with van der Waals surface area (Å²) in [5.41, 5.74) is 1.28. The van der Waals surface area contributed by atoms with Crippen LogP contribution in [0.3, 0.4) is 0 Å². The summed E-state index contributed by atoms with van der Waals surface area (Å²) < 4.78 is 5.36. The molecule has 0 saturated heterocycles. The predicted molar refractivity (Wildman–Crippen MR) is 74.4 cm³/mol. The summed E-state index contributed by atoms with van der Waals surface area (Å²) in [6.07, 6.45) is 3.28. The van der Waals surface area contributed by atoms with Crippen LogP contribution in [0.15, 0.2) is 30.3 Å². The van der Waals surface area contributed by atoms with Crippen molar-refractivity contribution in [2.24, 2.45) is 5.92 Å². The molecule has 1 unspecified atom stereocenters. The number of hydrogen-bond acceptors (Lipinski definition) is 2. The Kier molecular flexibility index (Phi) is 6.48. The first kappa shape index (κ1) is 14.7. The monoisotopic (exact) mass is 248 g/mol. The lowest BCUT2D eigenvalue weighted by Gasteiger charge is -2.15. The average Bonchev–Trinajstić information content (AvgIpc) is 2.29. The molecule has 0 aliphatic rings. The second-order valence-corrected chi connectivity index (χ2v) is 5.27. The topological polar surface area (TPSA) is 26.3 Å². The van der Waals surface area contributed by atoms with Gasteiger partial charge in [0.1, 0.15) is 0 Å². The molecular weight excluding hydrogens is 224 g/mol. The zero-order valence-electron chi connectivity index (χ0n) is 11.7. The molecule has 1 rings (SSSR count). The standard InChI is InChI=1S/C16H24O2/c1-13(2)12-14(3)18-16(17)11-7-10-15-8-5-4-6-9-15/h4-6,8-9,13-14H,7,10-12H2,1-3H3. The highest BCUT2D eigenvalue weighted by Crippen LogP contribution is 2.10. The van der Waals surface area contributed by atoms with Crippen LogP contribution < -0.4 is 0 Å². The van der Waals surface area contributed by atoms with Crippen molar-refractivity contribution < 1.29 is 9.53 Å². The molecule has 2 heteroatoms. The van der Waals surface area contributed by atoms with Crippen LogP contribution in [0.2, 0.25) is 0 Å². The molecule has 1 aromatic carbocycles. The zero-order chi connectivity index (χ0) is 13.4. The summed E-state index contributed by atoms with van der Waals surface area (Å²) in [5, 5.41) is 0. The Balaban J connectivity index is 2.17. The number of ether oxygens (including phenoxy) is 1. The SMILES string of the molecule is CC(C)CC(C)OC(=O)CCCc1ccccc1. The van der Waals surface area contributed by atoms with E-state index in [1.807, 2.05) is 25.1 Å². The van der Waals surface area contributed by atoms with Gasteiger partial charge in [-0.1, -0.05) is 44.2 Å². The predicted octanol–water partition coefficient (Wildman–Crippen LogP) is 3.99. The zero-order valence-corrected chi connectivity index (χ0v) is 11.7. The van der Waals surface area contributed by atoms with Crippen LogP contribution >= 0.6 is 0 Å². The summed E-state index contributed by atoms with van der Waals surface area (Å²) in [5.74, 6) is 0.496. The van der Waals surface area contributed by atoms with Crippen LogP contribution in [0, 0.1) is 5.92 Å². The number of aryl methyl sites for hydroxylation is 1. The average molecular weight is 248 g/mol. The number of carbonyl (C=O) groups excluding carboxylic acids is 1. The van der Waals surface area contributed by atoms with Gasteiger partial charge in [-0.25, -0.2) is 0 Å². The fraction of sp³-hybridized carbons (Fsp3) is 0.562. The van der Waals surface area contributed by atoms with Crippen molar-refractivity contribution in [1.29, 1.82) is 0 Å². The Labute approximate surface area is 110 Å². The number of carbonyl (C=O) groups is 1. The Hall–Kier alpha value is -1.31. The van der Waals surface area contributed by atoms with Crippen LogP contribution in [-0.2, 0) is 16.0 Å². The first-order valence-corrected chi connectivity index (χ1v) is 6.81. The van der Waals surface area contributed by atoms with E-state index in [0.29, 0.717) is 12.3 Å². The molecule has 0 spiro atoms. The van der Waals surface area contributed by atoms with Crippen LogP contribution in [0.25, 0.3) is 0 Å². The summed E-state index contributed by atoms with van der Waals surface area (Å²) >= 11 is 0. The lowest BCUT2D eigenvalue weighted by molar-refractivity contribution is -0.148. The van der Waals surface area contributed by atoms with Gasteiger partial charge in [0.15, 0.2) is 0 Å². The van der Waals surface area contributed by atoms with Crippen molar-refractivity contribution in [2.45, 2.75) is 52.6 Å². The Morgan fingerprint density at radius 2 is 1.83 bits per heavy atom. The maximum absolute atomic E-state index is 11.6. The molecule has 0 saturated carbocycles. The van der Waals surface area contributed by atoms with E-state index >= 15 is 0 Å². The Bertz CT molecular complexity index is 343. The largest absolute Gasteiger partial charge is 0.463 e. The molecule has 1 atom stereocenters. The molecule has 0 bridgehead atoms. The van der Waals surface area contributed by atoms with Crippen molar-refractivity contribution in [1.82, 2.24) is 0 Å². The second kappa shape index (κ2) is 7.91. The molecule has 18 heavy (non-hydrogen) atoms. The minimum Gasteiger partial charge on any atom is -0.463 e. The van der Waals surface area contributed by atoms with Crippen LogP contribution in [-0.4, -0.2) is 12.1 Å². The fourth-order valence-corrected chi connectivity index (χ4v) is 2.08. The highest BCUT2D eigenvalue weighted by Gasteiger charge is 2.10. The molecule has 2 nitrogen and oxygen atoms in total. The number of esters is 1. The molecule has 0 aromatic heterocycles. The van der Waals surface area contributed by atoms with E-state index in [2.05, 4.69) is 26.0 Å². The van der Waals surface area contributed by atoms with Gasteiger partial charge < -0.3 is 4.74 Å². The third-order valence-corrected chi connectivity index (χ3v) is 2.83. The lowest BCUT2D eigenvalue weighted by Crippen LogP contribution is -2.16. The third kappa shape index (κ3) is 6.43. The molecule has 0 aliphatic heterocycles. The van der Waals surface area contributed by atoms with Gasteiger partial charge >= 0.3 is 5.97 Å². The van der Waals surface area contributed by atoms with Gasteiger partial charge in [-0.05, 0) is 37.7 Å². The smallest absolute Gasteiger partial charge is 0.306 e. The van der Waals surface area contributed by atoms with Crippen LogP contribution in [0.4, 0.5) is 0 Å². The van der Waals surface area contributed by atoms with Gasteiger partial charge in [-0.2, -0.15) is 0 Å². The van der Waals surface area contributed by atoms with Crippen molar-refractivity contribution in [3.8, 4) is 0 Å². The van der Waals surface area contributed by atoms with Gasteiger partial charge in [-0.15, -0.1) is 0 Å². The van der Waals surface area contributed by atoms with Gasteiger partial charge in [0.25, 0.3) is 0 Å². The van der Waals surface area contributed by atoms with Crippen molar-refractivity contribution in [2.75, 3.05) is 0 Å². The minimum atomic E-state index is -0.0703. The normalized spacial score (nSPS) is 12.4. The Morgan fingerprint density at radius 3 is 2.44 bits per heavy atom. The van der Waals surface area contributed by atoms with Gasteiger partial charge in [0.05, 0.1) is 6.10 Å². The highest BCUT2D eigenvalue weighted by atomic mass is 16.5. The van der Waals surface area contributed by atoms with E-state index in [-0.39, 0.29) is 12.1 Å². The van der Waals surface area contributed by atoms with Crippen LogP contribution in [0.1, 0.15) is 45.6 Å². The van der Waals surface area contributed by atoms with Gasteiger partial charge in [0.2, 0.25) is 0 Å². The second-order valence-electron chi connectivity index (χ2n) is 5.27. The van der Waals surface area contributed by atoms with E-state index in [9.17, 15) is 4.79 Å². The first-order valence-electron chi connectivity index (χ1n) is 6.81. The number of benzene rings is 1. The molecule has 0 amide bonds. The summed E-state index contributed by atoms with van der Waals surface area (Å²) in [6, 6.07) is 10.2. The Morgan fingerprint density at radius 1 is 1.17 bits per heavy atom. The molecule has 0 N–H and O–H groups in total. The molecule has 100 valence electrons. The molecule has 0 fully saturated rings. The van der Waals surface area contributed by atoms with Crippen molar-refractivity contribution in [3.05, 3.63) is 35.9 Å². The minimum absolute atomic E-state index is 0.0363. The van der Waals surface area contributed by atoms with Gasteiger partial charge in [0, 0.05) is 6.42 Å². The summed E-state index contributed by atoms with van der Waals surface area (Å²) in [4.78, 5) is 11.6. The number of hydrogen-bond donors (Lipinski definition) is 0. The summed E-state index contributed by atoms with van der Waals surface area (Å²) in [6.45, 7) is 6.24. The van der Waals surface area contributed by atoms with Crippen LogP contribution in [0.5, 0.6) is 0 Å². The highest BCUT2D eigenvalue weighted by molar-refractivity contribution is 5.69. The molecule has 0 aliphatic carbocycles. The lowest BCUT2D eigenvalue weighted by atomic mass is 10.1. The third-order valence-electron chi connectivity index (χ3n) is 2.83. The van der Waals surface area contributed by atoms with E-state index in [0.717, 1.165) is 19.3 Å². The molecule has 1 aromatic rings. The maximum atomic E-state index is 11.6. The van der Waals surface area contributed by atoms with Gasteiger partial charge in [-0.3, -0.25) is 4.79 Å². The quantitative estimate of drug-likeness (QED) is 0.682. The fourth-order valence-electron chi connectivity index (χ4n) is 2.08. The van der Waals surface area contributed by atoms with E-state index < -0.39 is 0 Å². The molecular formula is C16H24O2. The van der Waals surface area contributed by atoms with Crippen molar-refractivity contribution in [3.63, 3.8) is 0 Å². The van der Waals surface area contributed by atoms with E-state index in [4.69, 9.17) is 4.74 Å². The van der Waals surface area contributed by atoms with Crippen molar-refractivity contribution >= 4 is 5.97 Å². The number of rotatable bonds is 7. The summed E-state index contributed by atoms with van der Waals surface area (Å²) in [7, 11) is 0. The van der Waals surface area contributed by atoms with E-state index in [1.54, 1.807) is 0 Å². The first-order chi connectivity index (χ1) is 8.58.